The quantitative estimate of drug-likeness (QED) is 0.556. The number of carbonyl (C=O) groups is 1. The van der Waals surface area contributed by atoms with Crippen LogP contribution >= 0.6 is 11.8 Å². The van der Waals surface area contributed by atoms with Gasteiger partial charge >= 0.3 is 0 Å². The Labute approximate surface area is 155 Å². The van der Waals surface area contributed by atoms with Crippen molar-refractivity contribution in [3.8, 4) is 0 Å². The summed E-state index contributed by atoms with van der Waals surface area (Å²) in [6.07, 6.45) is 3.42. The van der Waals surface area contributed by atoms with Gasteiger partial charge in [-0.2, -0.15) is 0 Å². The molecule has 2 aromatic carbocycles. The number of hydrogen-bond acceptors (Lipinski definition) is 4. The second-order valence-corrected chi connectivity index (χ2v) is 6.67. The molecule has 0 unspecified atom stereocenters. The van der Waals surface area contributed by atoms with E-state index in [2.05, 4.69) is 15.3 Å². The van der Waals surface area contributed by atoms with E-state index in [0.717, 1.165) is 15.8 Å². The Morgan fingerprint density at radius 3 is 2.46 bits per heavy atom. The summed E-state index contributed by atoms with van der Waals surface area (Å²) >= 11 is 1.47. The molecule has 2 heterocycles. The monoisotopic (exact) mass is 357 g/mol. The van der Waals surface area contributed by atoms with Crippen molar-refractivity contribution in [1.29, 1.82) is 0 Å². The average molecular weight is 357 g/mol. The van der Waals surface area contributed by atoms with Crippen LogP contribution in [0.1, 0.15) is 10.4 Å². The molecule has 4 rings (SSSR count). The van der Waals surface area contributed by atoms with Gasteiger partial charge in [-0.15, -0.1) is 0 Å². The van der Waals surface area contributed by atoms with Gasteiger partial charge in [0.25, 0.3) is 5.91 Å². The van der Waals surface area contributed by atoms with Gasteiger partial charge in [0.15, 0.2) is 0 Å². The van der Waals surface area contributed by atoms with Gasteiger partial charge in [-0.05, 0) is 36.4 Å². The minimum Gasteiger partial charge on any atom is -0.320 e. The second kappa shape index (κ2) is 7.37. The number of anilines is 1. The van der Waals surface area contributed by atoms with E-state index in [-0.39, 0.29) is 5.91 Å². The Kier molecular flexibility index (Phi) is 4.62. The molecule has 0 radical (unpaired) electrons. The molecule has 4 aromatic rings. The summed E-state index contributed by atoms with van der Waals surface area (Å²) in [7, 11) is 0. The third kappa shape index (κ3) is 3.43. The van der Waals surface area contributed by atoms with Crippen molar-refractivity contribution in [3.05, 3.63) is 90.8 Å². The lowest BCUT2D eigenvalue weighted by molar-refractivity contribution is 0.102. The standard InChI is InChI=1S/C21H15N3OS/c25-20(24-18-12-4-7-15-8-5-13-22-19(15)18)17-11-6-14-23-21(17)26-16-9-2-1-3-10-16/h1-14H,(H,24,25). The minimum absolute atomic E-state index is 0.199. The molecule has 26 heavy (non-hydrogen) atoms. The van der Waals surface area contributed by atoms with E-state index >= 15 is 0 Å². The Hall–Kier alpha value is -3.18. The third-order valence-electron chi connectivity index (χ3n) is 3.85. The Bertz CT molecular complexity index is 1060. The highest BCUT2D eigenvalue weighted by molar-refractivity contribution is 7.99. The Morgan fingerprint density at radius 2 is 1.58 bits per heavy atom. The molecule has 0 aliphatic rings. The molecule has 0 saturated carbocycles. The van der Waals surface area contributed by atoms with Crippen LogP contribution in [-0.2, 0) is 0 Å². The summed E-state index contributed by atoms with van der Waals surface area (Å²) in [4.78, 5) is 22.7. The number of fused-ring (bicyclic) bond motifs is 1. The molecule has 1 amide bonds. The first-order valence-corrected chi connectivity index (χ1v) is 8.96. The molecule has 126 valence electrons. The van der Waals surface area contributed by atoms with Crippen LogP contribution in [0.2, 0.25) is 0 Å². The summed E-state index contributed by atoms with van der Waals surface area (Å²) < 4.78 is 0. The first kappa shape index (κ1) is 16.3. The lowest BCUT2D eigenvalue weighted by Crippen LogP contribution is -2.14. The zero-order valence-corrected chi connectivity index (χ0v) is 14.6. The fraction of sp³-hybridized carbons (Fsp3) is 0. The smallest absolute Gasteiger partial charge is 0.258 e. The van der Waals surface area contributed by atoms with Crippen LogP contribution in [0.25, 0.3) is 10.9 Å². The van der Waals surface area contributed by atoms with Crippen LogP contribution in [0, 0.1) is 0 Å². The zero-order chi connectivity index (χ0) is 17.8. The maximum atomic E-state index is 12.9. The predicted octanol–water partition coefficient (Wildman–Crippen LogP) is 5.03. The number of pyridine rings is 2. The average Bonchev–Trinajstić information content (AvgIpc) is 2.69. The van der Waals surface area contributed by atoms with Crippen LogP contribution in [-0.4, -0.2) is 15.9 Å². The van der Waals surface area contributed by atoms with Gasteiger partial charge in [0.05, 0.1) is 16.8 Å². The SMILES string of the molecule is O=C(Nc1cccc2cccnc12)c1cccnc1Sc1ccccc1. The number of nitrogens with one attached hydrogen (secondary N) is 1. The zero-order valence-electron chi connectivity index (χ0n) is 13.8. The number of para-hydroxylation sites is 1. The molecule has 0 aliphatic heterocycles. The molecular formula is C21H15N3OS. The van der Waals surface area contributed by atoms with E-state index in [9.17, 15) is 4.79 Å². The summed E-state index contributed by atoms with van der Waals surface area (Å²) in [5.41, 5.74) is 1.99. The highest BCUT2D eigenvalue weighted by atomic mass is 32.2. The van der Waals surface area contributed by atoms with Crippen LogP contribution < -0.4 is 5.32 Å². The first-order valence-electron chi connectivity index (χ1n) is 8.14. The molecule has 2 aromatic heterocycles. The van der Waals surface area contributed by atoms with Crippen LogP contribution in [0.3, 0.4) is 0 Å². The van der Waals surface area contributed by atoms with Crippen molar-refractivity contribution in [3.63, 3.8) is 0 Å². The summed E-state index contributed by atoms with van der Waals surface area (Å²) in [5.74, 6) is -0.199. The number of hydrogen-bond donors (Lipinski definition) is 1. The molecule has 0 aliphatic carbocycles. The lowest BCUT2D eigenvalue weighted by atomic mass is 10.2. The van der Waals surface area contributed by atoms with Gasteiger partial charge in [0.2, 0.25) is 0 Å². The normalized spacial score (nSPS) is 10.6. The van der Waals surface area contributed by atoms with Crippen molar-refractivity contribution in [2.75, 3.05) is 5.32 Å². The molecular weight excluding hydrogens is 342 g/mol. The fourth-order valence-corrected chi connectivity index (χ4v) is 3.54. The molecule has 0 bridgehead atoms. The molecule has 0 fully saturated rings. The van der Waals surface area contributed by atoms with E-state index < -0.39 is 0 Å². The number of aromatic nitrogens is 2. The van der Waals surface area contributed by atoms with E-state index in [1.807, 2.05) is 60.7 Å². The van der Waals surface area contributed by atoms with Crippen molar-refractivity contribution in [1.82, 2.24) is 9.97 Å². The third-order valence-corrected chi connectivity index (χ3v) is 4.88. The van der Waals surface area contributed by atoms with E-state index in [1.54, 1.807) is 24.5 Å². The number of carbonyl (C=O) groups excluding carboxylic acids is 1. The van der Waals surface area contributed by atoms with Crippen molar-refractivity contribution in [2.45, 2.75) is 9.92 Å². The fourth-order valence-electron chi connectivity index (χ4n) is 2.64. The number of nitrogens with zero attached hydrogens (tertiary/aromatic N) is 2. The Morgan fingerprint density at radius 1 is 0.808 bits per heavy atom. The van der Waals surface area contributed by atoms with E-state index in [4.69, 9.17) is 0 Å². The second-order valence-electron chi connectivity index (χ2n) is 5.61. The molecule has 4 nitrogen and oxygen atoms in total. The van der Waals surface area contributed by atoms with Gasteiger partial charge in [-0.1, -0.05) is 48.2 Å². The lowest BCUT2D eigenvalue weighted by Gasteiger charge is -2.10. The highest BCUT2D eigenvalue weighted by Crippen LogP contribution is 2.29. The van der Waals surface area contributed by atoms with Crippen LogP contribution in [0.4, 0.5) is 5.69 Å². The van der Waals surface area contributed by atoms with Gasteiger partial charge in [0, 0.05) is 22.7 Å². The summed E-state index contributed by atoms with van der Waals surface area (Å²) in [6, 6.07) is 23.0. The molecule has 0 saturated heterocycles. The number of amides is 1. The molecule has 5 heteroatoms. The topological polar surface area (TPSA) is 54.9 Å². The Balaban J connectivity index is 1.64. The molecule has 1 N–H and O–H groups in total. The summed E-state index contributed by atoms with van der Waals surface area (Å²) in [5, 5.41) is 4.63. The van der Waals surface area contributed by atoms with Gasteiger partial charge in [-0.3, -0.25) is 9.78 Å². The van der Waals surface area contributed by atoms with Crippen molar-refractivity contribution < 1.29 is 4.79 Å². The maximum Gasteiger partial charge on any atom is 0.258 e. The number of benzene rings is 2. The maximum absolute atomic E-state index is 12.9. The van der Waals surface area contributed by atoms with Crippen molar-refractivity contribution in [2.24, 2.45) is 0 Å². The van der Waals surface area contributed by atoms with Gasteiger partial charge < -0.3 is 5.32 Å². The van der Waals surface area contributed by atoms with Crippen LogP contribution in [0.15, 0.2) is 95.1 Å². The first-order chi connectivity index (χ1) is 12.8. The minimum atomic E-state index is -0.199. The van der Waals surface area contributed by atoms with Crippen molar-refractivity contribution >= 4 is 34.3 Å². The largest absolute Gasteiger partial charge is 0.320 e. The number of rotatable bonds is 4. The highest BCUT2D eigenvalue weighted by Gasteiger charge is 2.15. The van der Waals surface area contributed by atoms with E-state index in [1.165, 1.54) is 11.8 Å². The summed E-state index contributed by atoms with van der Waals surface area (Å²) in [6.45, 7) is 0. The molecule has 0 atom stereocenters. The van der Waals surface area contributed by atoms with Crippen LogP contribution in [0.5, 0.6) is 0 Å². The van der Waals surface area contributed by atoms with Gasteiger partial charge in [0.1, 0.15) is 5.03 Å². The van der Waals surface area contributed by atoms with E-state index in [0.29, 0.717) is 16.3 Å². The predicted molar refractivity (Wildman–Crippen MR) is 104 cm³/mol. The van der Waals surface area contributed by atoms with Gasteiger partial charge in [-0.25, -0.2) is 4.98 Å². The molecule has 0 spiro atoms.